The van der Waals surface area contributed by atoms with Gasteiger partial charge in [0, 0.05) is 6.54 Å². The molecule has 15 heteroatoms. The van der Waals surface area contributed by atoms with Gasteiger partial charge in [0.2, 0.25) is 17.7 Å². The van der Waals surface area contributed by atoms with Crippen LogP contribution in [0.1, 0.15) is 32.1 Å². The van der Waals surface area contributed by atoms with Crippen molar-refractivity contribution in [2.45, 2.75) is 56.3 Å². The Balaban J connectivity index is 5.23. The van der Waals surface area contributed by atoms with Gasteiger partial charge in [-0.15, -0.1) is 0 Å². The molecule has 0 bridgehead atoms. The maximum absolute atomic E-state index is 12.7. The second-order valence-corrected chi connectivity index (χ2v) is 7.23. The minimum absolute atomic E-state index is 0.0374. The number of guanidine groups is 1. The van der Waals surface area contributed by atoms with Crippen molar-refractivity contribution in [3.05, 3.63) is 0 Å². The maximum Gasteiger partial charge on any atom is 0.326 e. The number of nitrogens with two attached hydrogens (primary N) is 4. The van der Waals surface area contributed by atoms with E-state index in [1.807, 2.05) is 0 Å². The average molecular weight is 477 g/mol. The monoisotopic (exact) mass is 476 g/mol. The van der Waals surface area contributed by atoms with Crippen LogP contribution in [-0.2, 0) is 19.2 Å². The van der Waals surface area contributed by atoms with Crippen LogP contribution in [-0.4, -0.2) is 95.4 Å². The Labute approximate surface area is 191 Å². The van der Waals surface area contributed by atoms with Crippen molar-refractivity contribution in [2.24, 2.45) is 27.9 Å². The van der Waals surface area contributed by atoms with Crippen molar-refractivity contribution < 1.29 is 34.5 Å². The molecule has 33 heavy (non-hydrogen) atoms. The van der Waals surface area contributed by atoms with Gasteiger partial charge in [-0.25, -0.2) is 4.79 Å². The zero-order valence-electron chi connectivity index (χ0n) is 18.4. The number of aliphatic carboxylic acids is 1. The van der Waals surface area contributed by atoms with Crippen molar-refractivity contribution in [1.29, 1.82) is 0 Å². The van der Waals surface area contributed by atoms with E-state index in [4.69, 9.17) is 28.0 Å². The normalized spacial score (nSPS) is 14.3. The molecule has 0 aliphatic carbocycles. The van der Waals surface area contributed by atoms with Crippen LogP contribution in [0.5, 0.6) is 0 Å². The molecule has 0 aromatic carbocycles. The molecule has 4 atom stereocenters. The van der Waals surface area contributed by atoms with Crippen LogP contribution in [0, 0.1) is 0 Å². The molecule has 14 N–H and O–H groups in total. The highest BCUT2D eigenvalue weighted by atomic mass is 16.4. The van der Waals surface area contributed by atoms with Crippen molar-refractivity contribution in [2.75, 3.05) is 26.3 Å². The van der Waals surface area contributed by atoms with E-state index in [2.05, 4.69) is 20.9 Å². The fourth-order valence-corrected chi connectivity index (χ4v) is 2.62. The first-order valence-electron chi connectivity index (χ1n) is 10.4. The van der Waals surface area contributed by atoms with Gasteiger partial charge in [-0.2, -0.15) is 0 Å². The third kappa shape index (κ3) is 12.6. The molecular weight excluding hydrogens is 440 g/mol. The number of aliphatic hydroxyl groups is 2. The molecule has 0 rings (SSSR count). The lowest BCUT2D eigenvalue weighted by atomic mass is 10.1. The molecule has 0 fully saturated rings. The van der Waals surface area contributed by atoms with Crippen molar-refractivity contribution >= 4 is 29.7 Å². The van der Waals surface area contributed by atoms with E-state index in [9.17, 15) is 29.4 Å². The van der Waals surface area contributed by atoms with Crippen LogP contribution in [0.3, 0.4) is 0 Å². The van der Waals surface area contributed by atoms with Crippen molar-refractivity contribution in [3.63, 3.8) is 0 Å². The molecule has 0 aromatic rings. The molecule has 0 aromatic heterocycles. The third-order valence-electron chi connectivity index (χ3n) is 4.49. The largest absolute Gasteiger partial charge is 0.480 e. The van der Waals surface area contributed by atoms with Crippen molar-refractivity contribution in [1.82, 2.24) is 16.0 Å². The van der Waals surface area contributed by atoms with Crippen molar-refractivity contribution in [3.8, 4) is 0 Å². The second-order valence-electron chi connectivity index (χ2n) is 7.23. The first-order chi connectivity index (χ1) is 15.6. The highest BCUT2D eigenvalue weighted by Gasteiger charge is 2.29. The molecular formula is C18H36N8O7. The van der Waals surface area contributed by atoms with Crippen LogP contribution in [0.4, 0.5) is 0 Å². The summed E-state index contributed by atoms with van der Waals surface area (Å²) >= 11 is 0. The Morgan fingerprint density at radius 3 is 1.85 bits per heavy atom. The number of carboxylic acids is 1. The zero-order valence-corrected chi connectivity index (χ0v) is 18.4. The molecule has 4 unspecified atom stereocenters. The third-order valence-corrected chi connectivity index (χ3v) is 4.49. The number of unbranched alkanes of at least 4 members (excludes halogenated alkanes) is 1. The predicted octanol–water partition coefficient (Wildman–Crippen LogP) is -4.98. The molecule has 0 spiro atoms. The quantitative estimate of drug-likeness (QED) is 0.0538. The number of carbonyl (C=O) groups excluding carboxylic acids is 3. The van der Waals surface area contributed by atoms with E-state index in [0.717, 1.165) is 0 Å². The summed E-state index contributed by atoms with van der Waals surface area (Å²) in [7, 11) is 0. The number of amides is 3. The van der Waals surface area contributed by atoms with Gasteiger partial charge in [-0.05, 0) is 38.6 Å². The average Bonchev–Trinajstić information content (AvgIpc) is 2.77. The van der Waals surface area contributed by atoms with Crippen LogP contribution in [0.2, 0.25) is 0 Å². The van der Waals surface area contributed by atoms with E-state index in [1.165, 1.54) is 0 Å². The number of rotatable bonds is 17. The number of hydrogen-bond acceptors (Lipinski definition) is 9. The van der Waals surface area contributed by atoms with Crippen LogP contribution in [0.15, 0.2) is 4.99 Å². The fourth-order valence-electron chi connectivity index (χ4n) is 2.62. The number of aliphatic hydroxyl groups excluding tert-OH is 2. The van der Waals surface area contributed by atoms with Gasteiger partial charge in [0.05, 0.1) is 13.2 Å². The Morgan fingerprint density at radius 1 is 0.788 bits per heavy atom. The van der Waals surface area contributed by atoms with E-state index < -0.39 is 61.1 Å². The van der Waals surface area contributed by atoms with Crippen LogP contribution in [0.25, 0.3) is 0 Å². The summed E-state index contributed by atoms with van der Waals surface area (Å²) in [5, 5.41) is 34.7. The lowest BCUT2D eigenvalue weighted by Gasteiger charge is -2.24. The highest BCUT2D eigenvalue weighted by molar-refractivity contribution is 5.94. The molecule has 0 radical (unpaired) electrons. The predicted molar refractivity (Wildman–Crippen MR) is 118 cm³/mol. The summed E-state index contributed by atoms with van der Waals surface area (Å²) < 4.78 is 0. The number of nitrogens with zero attached hydrogens (tertiary/aromatic N) is 1. The fraction of sp³-hybridized carbons (Fsp3) is 0.722. The number of carboxylic acid groups (broad SMARTS) is 1. The van der Waals surface area contributed by atoms with Gasteiger partial charge < -0.3 is 54.2 Å². The lowest BCUT2D eigenvalue weighted by molar-refractivity contribution is -0.142. The van der Waals surface area contributed by atoms with E-state index >= 15 is 0 Å². The molecule has 0 saturated heterocycles. The summed E-state index contributed by atoms with van der Waals surface area (Å²) in [6, 6.07) is -5.14. The highest BCUT2D eigenvalue weighted by Crippen LogP contribution is 2.05. The lowest BCUT2D eigenvalue weighted by Crippen LogP contribution is -2.58. The van der Waals surface area contributed by atoms with Gasteiger partial charge in [0.25, 0.3) is 0 Å². The second kappa shape index (κ2) is 16.6. The number of hydrogen-bond donors (Lipinski definition) is 10. The standard InChI is InChI=1S/C18H36N8O7/c19-6-2-1-4-11(24-16(31)13(9-28)26-14(29)10(20)8-27)15(30)25-12(17(32)33)5-3-7-23-18(21)22/h10-13,27-28H,1-9,19-20H2,(H,24,31)(H,25,30)(H,26,29)(H,32,33)(H4,21,22,23). The van der Waals surface area contributed by atoms with E-state index in [-0.39, 0.29) is 31.8 Å². The minimum atomic E-state index is -1.44. The topological polar surface area (TPSA) is 282 Å². The van der Waals surface area contributed by atoms with E-state index in [1.54, 1.807) is 0 Å². The maximum atomic E-state index is 12.7. The Morgan fingerprint density at radius 2 is 1.33 bits per heavy atom. The smallest absolute Gasteiger partial charge is 0.326 e. The molecule has 0 saturated carbocycles. The first kappa shape index (κ1) is 30.0. The summed E-state index contributed by atoms with van der Waals surface area (Å²) in [4.78, 5) is 52.3. The summed E-state index contributed by atoms with van der Waals surface area (Å²) in [5.41, 5.74) is 21.3. The molecule has 0 aliphatic rings. The Kier molecular flexibility index (Phi) is 15.1. The summed E-state index contributed by atoms with van der Waals surface area (Å²) in [5.74, 6) is -3.94. The Bertz CT molecular complexity index is 672. The van der Waals surface area contributed by atoms with Crippen LogP contribution >= 0.6 is 0 Å². The molecule has 3 amide bonds. The SMILES string of the molecule is NCCCCC(NC(=O)C(CO)NC(=O)C(N)CO)C(=O)NC(CCCN=C(N)N)C(=O)O. The van der Waals surface area contributed by atoms with Crippen LogP contribution < -0.4 is 38.9 Å². The summed E-state index contributed by atoms with van der Waals surface area (Å²) in [6.07, 6.45) is 1.45. The van der Waals surface area contributed by atoms with Gasteiger partial charge in [0.1, 0.15) is 24.2 Å². The number of carbonyl (C=O) groups is 4. The number of nitrogens with one attached hydrogen (secondary N) is 3. The summed E-state index contributed by atoms with van der Waals surface area (Å²) in [6.45, 7) is -0.948. The zero-order chi connectivity index (χ0) is 25.4. The Hall–Kier alpha value is -3.01. The molecule has 0 aliphatic heterocycles. The molecule has 15 nitrogen and oxygen atoms in total. The van der Waals surface area contributed by atoms with Gasteiger partial charge in [0.15, 0.2) is 5.96 Å². The first-order valence-corrected chi connectivity index (χ1v) is 10.4. The van der Waals surface area contributed by atoms with Gasteiger partial charge >= 0.3 is 5.97 Å². The van der Waals surface area contributed by atoms with Gasteiger partial charge in [-0.1, -0.05) is 0 Å². The number of aliphatic imine (C=N–C) groups is 1. The molecule has 190 valence electrons. The van der Waals surface area contributed by atoms with Gasteiger partial charge in [-0.3, -0.25) is 19.4 Å². The molecule has 0 heterocycles. The minimum Gasteiger partial charge on any atom is -0.480 e. The van der Waals surface area contributed by atoms with E-state index in [0.29, 0.717) is 19.4 Å².